The number of hydrogen-bond acceptors (Lipinski definition) is 0. The number of alkyl halides is 3. The van der Waals surface area contributed by atoms with E-state index in [1.54, 1.807) is 0 Å². The predicted octanol–water partition coefficient (Wildman–Crippen LogP) is 12.0. The zero-order valence-electron chi connectivity index (χ0n) is 23.9. The average molecular weight is 553 g/mol. The summed E-state index contributed by atoms with van der Waals surface area (Å²) >= 11 is 0. The third kappa shape index (κ3) is 9.32. The summed E-state index contributed by atoms with van der Waals surface area (Å²) in [4.78, 5) is 0. The van der Waals surface area contributed by atoms with Crippen LogP contribution in [0.15, 0.2) is 30.1 Å². The molecular formula is C34H49F5. The molecule has 3 fully saturated rings. The molecule has 4 rings (SSSR count). The van der Waals surface area contributed by atoms with E-state index in [4.69, 9.17) is 0 Å². The molecule has 220 valence electrons. The van der Waals surface area contributed by atoms with E-state index in [1.165, 1.54) is 56.9 Å². The first kappa shape index (κ1) is 30.6. The van der Waals surface area contributed by atoms with E-state index < -0.39 is 17.9 Å². The Labute approximate surface area is 233 Å². The van der Waals surface area contributed by atoms with Crippen molar-refractivity contribution in [2.45, 2.75) is 141 Å². The molecule has 0 heterocycles. The molecule has 3 aliphatic carbocycles. The lowest BCUT2D eigenvalue weighted by Crippen LogP contribution is -2.19. The van der Waals surface area contributed by atoms with Gasteiger partial charge in [-0.25, -0.2) is 8.78 Å². The minimum absolute atomic E-state index is 0.00964. The van der Waals surface area contributed by atoms with Crippen LogP contribution in [-0.2, 0) is 0 Å². The van der Waals surface area contributed by atoms with E-state index in [0.29, 0.717) is 36.5 Å². The summed E-state index contributed by atoms with van der Waals surface area (Å²) in [7, 11) is 0. The molecule has 0 atom stereocenters. The fourth-order valence-corrected chi connectivity index (χ4v) is 7.83. The molecule has 3 aliphatic rings. The van der Waals surface area contributed by atoms with Crippen molar-refractivity contribution >= 4 is 0 Å². The smallest absolute Gasteiger partial charge is 0.212 e. The number of unbranched alkanes of at least 4 members (excludes halogenated alkanes) is 2. The Hall–Kier alpha value is -1.39. The molecule has 5 heteroatoms. The fraction of sp³-hybridized carbons (Fsp3) is 0.765. The van der Waals surface area contributed by atoms with Gasteiger partial charge in [0.05, 0.1) is 6.08 Å². The third-order valence-corrected chi connectivity index (χ3v) is 10.4. The van der Waals surface area contributed by atoms with Crippen molar-refractivity contribution in [3.8, 4) is 0 Å². The van der Waals surface area contributed by atoms with Crippen LogP contribution in [0.2, 0.25) is 0 Å². The Morgan fingerprint density at radius 2 is 1.28 bits per heavy atom. The minimum Gasteiger partial charge on any atom is -0.212 e. The summed E-state index contributed by atoms with van der Waals surface area (Å²) in [6.07, 6.45) is 14.8. The van der Waals surface area contributed by atoms with Gasteiger partial charge in [-0.2, -0.15) is 13.2 Å². The highest BCUT2D eigenvalue weighted by atomic mass is 19.4. The van der Waals surface area contributed by atoms with E-state index in [0.717, 1.165) is 62.8 Å². The number of hydrogen-bond donors (Lipinski definition) is 0. The summed E-state index contributed by atoms with van der Waals surface area (Å²) < 4.78 is 66.4. The molecule has 0 bridgehead atoms. The fourth-order valence-electron chi connectivity index (χ4n) is 7.83. The van der Waals surface area contributed by atoms with Gasteiger partial charge in [-0.3, -0.25) is 0 Å². The van der Waals surface area contributed by atoms with Gasteiger partial charge in [0.1, 0.15) is 11.6 Å². The van der Waals surface area contributed by atoms with Crippen LogP contribution in [-0.4, -0.2) is 6.18 Å². The van der Waals surface area contributed by atoms with Crippen LogP contribution in [0, 0.1) is 29.5 Å². The molecule has 0 unspecified atom stereocenters. The van der Waals surface area contributed by atoms with Gasteiger partial charge in [0.15, 0.2) is 0 Å². The Morgan fingerprint density at radius 3 is 1.82 bits per heavy atom. The summed E-state index contributed by atoms with van der Waals surface area (Å²) in [5.41, 5.74) is 2.10. The lowest BCUT2D eigenvalue weighted by molar-refractivity contribution is -0.0821. The molecule has 0 radical (unpaired) electrons. The first-order valence-electron chi connectivity index (χ1n) is 16.0. The summed E-state index contributed by atoms with van der Waals surface area (Å²) in [5.74, 6) is 1.26. The van der Waals surface area contributed by atoms with E-state index >= 15 is 4.39 Å². The van der Waals surface area contributed by atoms with Crippen molar-refractivity contribution in [3.05, 3.63) is 47.0 Å². The lowest BCUT2D eigenvalue weighted by atomic mass is 9.73. The number of allylic oxidation sites excluding steroid dienone is 2. The topological polar surface area (TPSA) is 0 Å². The van der Waals surface area contributed by atoms with E-state index in [1.807, 2.05) is 6.07 Å². The maximum atomic E-state index is 15.2. The predicted molar refractivity (Wildman–Crippen MR) is 150 cm³/mol. The molecular weight excluding hydrogens is 503 g/mol. The molecule has 3 saturated carbocycles. The van der Waals surface area contributed by atoms with Crippen molar-refractivity contribution in [1.29, 1.82) is 0 Å². The van der Waals surface area contributed by atoms with E-state index in [-0.39, 0.29) is 11.9 Å². The van der Waals surface area contributed by atoms with E-state index in [9.17, 15) is 17.6 Å². The van der Waals surface area contributed by atoms with Gasteiger partial charge in [0.2, 0.25) is 0 Å². The molecule has 0 aliphatic heterocycles. The molecule has 0 aromatic heterocycles. The van der Waals surface area contributed by atoms with Gasteiger partial charge in [0, 0.05) is 5.92 Å². The molecule has 0 amide bonds. The summed E-state index contributed by atoms with van der Waals surface area (Å²) in [6, 6.07) is 6.12. The maximum Gasteiger partial charge on any atom is 0.412 e. The molecule has 1 aromatic rings. The van der Waals surface area contributed by atoms with Crippen LogP contribution < -0.4 is 0 Å². The zero-order chi connectivity index (χ0) is 27.8. The Balaban J connectivity index is 1.16. The molecule has 0 N–H and O–H groups in total. The van der Waals surface area contributed by atoms with Gasteiger partial charge < -0.3 is 0 Å². The Bertz CT molecular complexity index is 895. The van der Waals surface area contributed by atoms with Crippen LogP contribution in [0.5, 0.6) is 0 Å². The number of benzene rings is 1. The van der Waals surface area contributed by atoms with Crippen LogP contribution in [0.1, 0.15) is 145 Å². The SMILES string of the molecule is CCCCCC1CCC(c2ccc(C3CCC(CCC4CCC(C(F)=CC(F)(F)F)CC4)CC3)c(F)c2)CC1. The van der Waals surface area contributed by atoms with Crippen LogP contribution in [0.25, 0.3) is 0 Å². The second-order valence-electron chi connectivity index (χ2n) is 13.1. The molecule has 0 spiro atoms. The van der Waals surface area contributed by atoms with Gasteiger partial charge in [-0.15, -0.1) is 0 Å². The number of rotatable bonds is 10. The normalized spacial score (nSPS) is 30.9. The second-order valence-corrected chi connectivity index (χ2v) is 13.1. The van der Waals surface area contributed by atoms with Crippen molar-refractivity contribution in [2.24, 2.45) is 23.7 Å². The van der Waals surface area contributed by atoms with Gasteiger partial charge in [-0.05, 0) is 124 Å². The standard InChI is InChI=1S/C34H49F5/c1-2-3-4-5-24-8-14-27(15-9-24)30-20-21-31(32(35)22-30)28-16-10-25(11-17-28)6-7-26-12-18-29(19-13-26)33(36)23-34(37,38)39/h20-29H,2-19H2,1H3. The van der Waals surface area contributed by atoms with Crippen LogP contribution >= 0.6 is 0 Å². The van der Waals surface area contributed by atoms with Crippen LogP contribution in [0.3, 0.4) is 0 Å². The first-order valence-corrected chi connectivity index (χ1v) is 16.0. The molecule has 39 heavy (non-hydrogen) atoms. The van der Waals surface area contributed by atoms with Crippen molar-refractivity contribution in [3.63, 3.8) is 0 Å². The lowest BCUT2D eigenvalue weighted by Gasteiger charge is -2.32. The van der Waals surface area contributed by atoms with Gasteiger partial charge >= 0.3 is 6.18 Å². The number of halogens is 5. The monoisotopic (exact) mass is 552 g/mol. The van der Waals surface area contributed by atoms with Crippen molar-refractivity contribution < 1.29 is 22.0 Å². The molecule has 1 aromatic carbocycles. The minimum atomic E-state index is -4.57. The van der Waals surface area contributed by atoms with E-state index in [2.05, 4.69) is 19.1 Å². The highest BCUT2D eigenvalue weighted by Crippen LogP contribution is 2.43. The highest BCUT2D eigenvalue weighted by Gasteiger charge is 2.31. The first-order chi connectivity index (χ1) is 18.7. The second kappa shape index (κ2) is 14.5. The quantitative estimate of drug-likeness (QED) is 0.200. The average Bonchev–Trinajstić information content (AvgIpc) is 2.92. The molecule has 0 saturated heterocycles. The van der Waals surface area contributed by atoms with Crippen molar-refractivity contribution in [1.82, 2.24) is 0 Å². The largest absolute Gasteiger partial charge is 0.412 e. The van der Waals surface area contributed by atoms with Crippen molar-refractivity contribution in [2.75, 3.05) is 0 Å². The summed E-state index contributed by atoms with van der Waals surface area (Å²) in [5, 5.41) is 0. The van der Waals surface area contributed by atoms with Crippen LogP contribution in [0.4, 0.5) is 22.0 Å². The summed E-state index contributed by atoms with van der Waals surface area (Å²) in [6.45, 7) is 2.26. The third-order valence-electron chi connectivity index (χ3n) is 10.4. The zero-order valence-corrected chi connectivity index (χ0v) is 23.9. The Kier molecular flexibility index (Phi) is 11.4. The van der Waals surface area contributed by atoms with Gasteiger partial charge in [0.25, 0.3) is 0 Å². The molecule has 0 nitrogen and oxygen atoms in total. The highest BCUT2D eigenvalue weighted by molar-refractivity contribution is 5.30. The Morgan fingerprint density at radius 1 is 0.744 bits per heavy atom. The maximum absolute atomic E-state index is 15.2. The van der Waals surface area contributed by atoms with Gasteiger partial charge in [-0.1, -0.05) is 57.6 Å².